The summed E-state index contributed by atoms with van der Waals surface area (Å²) in [6.07, 6.45) is 5.83. The molecular formula is C17H26N4O2S. The maximum atomic E-state index is 11.9. The third-order valence-corrected chi connectivity index (χ3v) is 4.16. The molecule has 0 aliphatic heterocycles. The quantitative estimate of drug-likeness (QED) is 0.416. The van der Waals surface area contributed by atoms with E-state index in [-0.39, 0.29) is 11.9 Å². The second-order valence-corrected chi connectivity index (χ2v) is 6.61. The lowest BCUT2D eigenvalue weighted by Gasteiger charge is -2.15. The minimum atomic E-state index is -0.255. The SMILES string of the molecule is COC[C@@H](C)NC(=S)NNC(=O)/C=C/c1cc(C)n(C2CC2)c1C. The molecule has 24 heavy (non-hydrogen) atoms. The third-order valence-electron chi connectivity index (χ3n) is 3.94. The number of carbonyl (C=O) groups is 1. The zero-order chi connectivity index (χ0) is 17.7. The number of rotatable bonds is 6. The van der Waals surface area contributed by atoms with E-state index in [0.29, 0.717) is 17.8 Å². The molecule has 6 nitrogen and oxygen atoms in total. The number of hydrazine groups is 1. The lowest BCUT2D eigenvalue weighted by atomic mass is 10.2. The van der Waals surface area contributed by atoms with Crippen molar-refractivity contribution in [2.24, 2.45) is 0 Å². The minimum absolute atomic E-state index is 0.0651. The molecule has 2 rings (SSSR count). The van der Waals surface area contributed by atoms with Crippen LogP contribution < -0.4 is 16.2 Å². The number of thiocarbonyl (C=S) groups is 1. The first-order valence-corrected chi connectivity index (χ1v) is 8.55. The highest BCUT2D eigenvalue weighted by Crippen LogP contribution is 2.38. The minimum Gasteiger partial charge on any atom is -0.383 e. The van der Waals surface area contributed by atoms with E-state index in [1.54, 1.807) is 7.11 Å². The van der Waals surface area contributed by atoms with Gasteiger partial charge in [-0.05, 0) is 63.5 Å². The molecule has 1 aromatic rings. The fraction of sp³-hybridized carbons (Fsp3) is 0.529. The molecule has 0 aromatic carbocycles. The molecule has 1 aliphatic rings. The molecule has 0 spiro atoms. The zero-order valence-electron chi connectivity index (χ0n) is 14.7. The molecular weight excluding hydrogens is 324 g/mol. The molecule has 0 bridgehead atoms. The van der Waals surface area contributed by atoms with Gasteiger partial charge < -0.3 is 14.6 Å². The number of hydrogen-bond acceptors (Lipinski definition) is 3. The van der Waals surface area contributed by atoms with Gasteiger partial charge in [-0.15, -0.1) is 0 Å². The summed E-state index contributed by atoms with van der Waals surface area (Å²) in [5.74, 6) is -0.255. The van der Waals surface area contributed by atoms with E-state index in [0.717, 1.165) is 5.56 Å². The van der Waals surface area contributed by atoms with Crippen LogP contribution in [0, 0.1) is 13.8 Å². The van der Waals surface area contributed by atoms with Crippen molar-refractivity contribution < 1.29 is 9.53 Å². The van der Waals surface area contributed by atoms with E-state index < -0.39 is 0 Å². The molecule has 1 aromatic heterocycles. The Kier molecular flexibility index (Phi) is 6.39. The molecule has 7 heteroatoms. The molecule has 132 valence electrons. The van der Waals surface area contributed by atoms with Gasteiger partial charge in [0.15, 0.2) is 5.11 Å². The number of carbonyl (C=O) groups excluding carboxylic acids is 1. The number of nitrogens with zero attached hydrogens (tertiary/aromatic N) is 1. The number of amides is 1. The van der Waals surface area contributed by atoms with Crippen LogP contribution in [0.3, 0.4) is 0 Å². The smallest absolute Gasteiger partial charge is 0.262 e. The first-order valence-electron chi connectivity index (χ1n) is 8.14. The van der Waals surface area contributed by atoms with Crippen molar-refractivity contribution in [1.29, 1.82) is 0 Å². The summed E-state index contributed by atoms with van der Waals surface area (Å²) in [7, 11) is 1.63. The lowest BCUT2D eigenvalue weighted by molar-refractivity contribution is -0.116. The average molecular weight is 350 g/mol. The van der Waals surface area contributed by atoms with E-state index >= 15 is 0 Å². The summed E-state index contributed by atoms with van der Waals surface area (Å²) < 4.78 is 7.36. The van der Waals surface area contributed by atoms with Gasteiger partial charge in [0.1, 0.15) is 0 Å². The summed E-state index contributed by atoms with van der Waals surface area (Å²) in [5.41, 5.74) is 8.75. The summed E-state index contributed by atoms with van der Waals surface area (Å²) in [4.78, 5) is 11.9. The first kappa shape index (κ1) is 18.5. The van der Waals surface area contributed by atoms with Crippen molar-refractivity contribution in [3.8, 4) is 0 Å². The Morgan fingerprint density at radius 1 is 1.46 bits per heavy atom. The molecule has 0 unspecified atom stereocenters. The molecule has 1 atom stereocenters. The van der Waals surface area contributed by atoms with Crippen LogP contribution >= 0.6 is 12.2 Å². The van der Waals surface area contributed by atoms with E-state index in [9.17, 15) is 4.79 Å². The molecule has 1 fully saturated rings. The Bertz CT molecular complexity index is 635. The van der Waals surface area contributed by atoms with Crippen molar-refractivity contribution in [2.75, 3.05) is 13.7 Å². The van der Waals surface area contributed by atoms with Crippen molar-refractivity contribution in [3.63, 3.8) is 0 Å². The van der Waals surface area contributed by atoms with Crippen LogP contribution in [0.15, 0.2) is 12.1 Å². The fourth-order valence-electron chi connectivity index (χ4n) is 2.74. The van der Waals surface area contributed by atoms with Gasteiger partial charge in [0.2, 0.25) is 0 Å². The topological polar surface area (TPSA) is 67.3 Å². The fourth-order valence-corrected chi connectivity index (χ4v) is 3.00. The molecule has 1 saturated carbocycles. The van der Waals surface area contributed by atoms with Crippen LogP contribution in [-0.2, 0) is 9.53 Å². The maximum absolute atomic E-state index is 11.9. The number of aromatic nitrogens is 1. The van der Waals surface area contributed by atoms with Gasteiger partial charge in [-0.1, -0.05) is 0 Å². The van der Waals surface area contributed by atoms with Crippen LogP contribution in [-0.4, -0.2) is 35.3 Å². The Balaban J connectivity index is 1.83. The summed E-state index contributed by atoms with van der Waals surface area (Å²) in [6.45, 7) is 6.67. The molecule has 1 amide bonds. The van der Waals surface area contributed by atoms with E-state index in [1.165, 1.54) is 30.3 Å². The molecule has 1 aliphatic carbocycles. The highest BCUT2D eigenvalue weighted by molar-refractivity contribution is 7.80. The monoisotopic (exact) mass is 350 g/mol. The molecule has 1 heterocycles. The number of aryl methyl sites for hydroxylation is 1. The summed E-state index contributed by atoms with van der Waals surface area (Å²) in [5, 5.41) is 3.36. The van der Waals surface area contributed by atoms with Crippen LogP contribution in [0.2, 0.25) is 0 Å². The Hall–Kier alpha value is -1.86. The standard InChI is InChI=1S/C17H26N4O2S/c1-11(10-23-4)18-17(24)20-19-16(22)8-5-14-9-12(2)21(13(14)3)15-6-7-15/h5,8-9,11,15H,6-7,10H2,1-4H3,(H,19,22)(H2,18,20,24)/b8-5+/t11-/m1/s1. The Morgan fingerprint density at radius 2 is 2.17 bits per heavy atom. The largest absolute Gasteiger partial charge is 0.383 e. The predicted molar refractivity (Wildman–Crippen MR) is 99.6 cm³/mol. The van der Waals surface area contributed by atoms with E-state index in [2.05, 4.69) is 40.6 Å². The second-order valence-electron chi connectivity index (χ2n) is 6.21. The highest BCUT2D eigenvalue weighted by atomic mass is 32.1. The van der Waals surface area contributed by atoms with Gasteiger partial charge in [0.05, 0.1) is 6.61 Å². The van der Waals surface area contributed by atoms with E-state index in [1.807, 2.05) is 13.0 Å². The zero-order valence-corrected chi connectivity index (χ0v) is 15.5. The predicted octanol–water partition coefficient (Wildman–Crippen LogP) is 1.98. The van der Waals surface area contributed by atoms with Gasteiger partial charge in [-0.2, -0.15) is 0 Å². The van der Waals surface area contributed by atoms with Gasteiger partial charge in [-0.3, -0.25) is 15.6 Å². The number of ether oxygens (including phenoxy) is 1. The van der Waals surface area contributed by atoms with Crippen molar-refractivity contribution >= 4 is 29.3 Å². The van der Waals surface area contributed by atoms with Crippen molar-refractivity contribution in [3.05, 3.63) is 29.1 Å². The maximum Gasteiger partial charge on any atom is 0.262 e. The number of nitrogens with one attached hydrogen (secondary N) is 3. The Labute approximate surface area is 148 Å². The van der Waals surface area contributed by atoms with Crippen molar-refractivity contribution in [2.45, 2.75) is 45.7 Å². The van der Waals surface area contributed by atoms with E-state index in [4.69, 9.17) is 17.0 Å². The van der Waals surface area contributed by atoms with Crippen molar-refractivity contribution in [1.82, 2.24) is 20.7 Å². The Morgan fingerprint density at radius 3 is 2.79 bits per heavy atom. The second kappa shape index (κ2) is 8.30. The first-order chi connectivity index (χ1) is 11.4. The summed E-state index contributed by atoms with van der Waals surface area (Å²) in [6, 6.07) is 2.82. The molecule has 0 radical (unpaired) electrons. The average Bonchev–Trinajstić information content (AvgIpc) is 3.30. The number of hydrogen-bond donors (Lipinski definition) is 3. The number of methoxy groups -OCH3 is 1. The van der Waals surface area contributed by atoms with Gasteiger partial charge >= 0.3 is 0 Å². The summed E-state index contributed by atoms with van der Waals surface area (Å²) >= 11 is 5.10. The highest BCUT2D eigenvalue weighted by Gasteiger charge is 2.26. The lowest BCUT2D eigenvalue weighted by Crippen LogP contribution is -2.49. The van der Waals surface area contributed by atoms with Crippen LogP contribution in [0.4, 0.5) is 0 Å². The van der Waals surface area contributed by atoms with Crippen LogP contribution in [0.25, 0.3) is 6.08 Å². The molecule has 0 saturated heterocycles. The van der Waals surface area contributed by atoms with Gasteiger partial charge in [0, 0.05) is 36.7 Å². The third kappa shape index (κ3) is 5.07. The normalized spacial score (nSPS) is 15.3. The van der Waals surface area contributed by atoms with Crippen LogP contribution in [0.5, 0.6) is 0 Å². The van der Waals surface area contributed by atoms with Gasteiger partial charge in [-0.25, -0.2) is 0 Å². The van der Waals surface area contributed by atoms with Gasteiger partial charge in [0.25, 0.3) is 5.91 Å². The molecule has 3 N–H and O–H groups in total. The van der Waals surface area contributed by atoms with Crippen LogP contribution in [0.1, 0.15) is 42.8 Å².